The number of nitrogens with zero attached hydrogens (tertiary/aromatic N) is 3. The molecule has 0 aliphatic carbocycles. The highest BCUT2D eigenvalue weighted by Gasteiger charge is 2.12. The Morgan fingerprint density at radius 2 is 1.63 bits per heavy atom. The summed E-state index contributed by atoms with van der Waals surface area (Å²) in [5, 5.41) is 9.28. The van der Waals surface area contributed by atoms with Gasteiger partial charge in [0.2, 0.25) is 12.7 Å². The molecule has 1 aliphatic heterocycles. The van der Waals surface area contributed by atoms with E-state index < -0.39 is 0 Å². The third kappa shape index (κ3) is 5.72. The Hall–Kier alpha value is -4.92. The molecule has 174 valence electrons. The number of nitrogens with one attached hydrogen (secondary N) is 3. The zero-order chi connectivity index (χ0) is 24.0. The number of anilines is 5. The van der Waals surface area contributed by atoms with Crippen LogP contribution in [0.3, 0.4) is 0 Å². The Labute approximate surface area is 201 Å². The summed E-state index contributed by atoms with van der Waals surface area (Å²) in [6.45, 7) is 2.04. The fourth-order valence-corrected chi connectivity index (χ4v) is 3.42. The molecule has 9 heteroatoms. The highest BCUT2D eigenvalue weighted by molar-refractivity contribution is 6.02. The third-order valence-corrected chi connectivity index (χ3v) is 5.01. The van der Waals surface area contributed by atoms with Gasteiger partial charge in [0.05, 0.1) is 0 Å². The van der Waals surface area contributed by atoms with E-state index in [4.69, 9.17) is 9.47 Å². The summed E-state index contributed by atoms with van der Waals surface area (Å²) in [5.74, 6) is 3.74. The SMILES string of the molecule is Cc1nc(Nc2ccc(NC(=O)/C=C/c3ccc4c(c3)OCO4)cc2)cc(Nc2ccccn2)n1. The quantitative estimate of drug-likeness (QED) is 0.325. The molecule has 0 saturated carbocycles. The van der Waals surface area contributed by atoms with Gasteiger partial charge in [0, 0.05) is 29.7 Å². The van der Waals surface area contributed by atoms with E-state index in [0.717, 1.165) is 11.3 Å². The molecule has 0 radical (unpaired) electrons. The maximum Gasteiger partial charge on any atom is 0.248 e. The summed E-state index contributed by atoms with van der Waals surface area (Å²) in [4.78, 5) is 25.4. The largest absolute Gasteiger partial charge is 0.454 e. The van der Waals surface area contributed by atoms with Gasteiger partial charge in [-0.05, 0) is 67.1 Å². The fourth-order valence-electron chi connectivity index (χ4n) is 3.42. The smallest absolute Gasteiger partial charge is 0.248 e. The van der Waals surface area contributed by atoms with E-state index in [9.17, 15) is 4.79 Å². The van der Waals surface area contributed by atoms with Crippen molar-refractivity contribution in [3.63, 3.8) is 0 Å². The van der Waals surface area contributed by atoms with E-state index in [2.05, 4.69) is 30.9 Å². The van der Waals surface area contributed by atoms with Crippen molar-refractivity contribution in [2.45, 2.75) is 6.92 Å². The molecule has 0 spiro atoms. The molecule has 3 heterocycles. The number of benzene rings is 2. The normalized spacial score (nSPS) is 11.9. The number of amides is 1. The van der Waals surface area contributed by atoms with Gasteiger partial charge >= 0.3 is 0 Å². The molecule has 0 fully saturated rings. The standard InChI is InChI=1S/C26H22N6O3/c1-17-28-24(15-25(29-17)32-23-4-2-3-13-27-23)30-19-7-9-20(10-8-19)31-26(33)12-6-18-5-11-21-22(14-18)35-16-34-21/h2-15H,16H2,1H3,(H,31,33)(H2,27,28,29,30,32)/b12-6+. The average molecular weight is 467 g/mol. The van der Waals surface area contributed by atoms with Gasteiger partial charge in [0.15, 0.2) is 11.5 Å². The van der Waals surface area contributed by atoms with Crippen molar-refractivity contribution in [1.82, 2.24) is 15.0 Å². The van der Waals surface area contributed by atoms with Gasteiger partial charge in [-0.1, -0.05) is 12.1 Å². The Morgan fingerprint density at radius 3 is 2.43 bits per heavy atom. The Bertz CT molecular complexity index is 1370. The van der Waals surface area contributed by atoms with E-state index >= 15 is 0 Å². The molecule has 0 saturated heterocycles. The van der Waals surface area contributed by atoms with Gasteiger partial charge in [0.1, 0.15) is 23.3 Å². The molecule has 3 N–H and O–H groups in total. The molecule has 2 aromatic carbocycles. The molecule has 0 bridgehead atoms. The first-order chi connectivity index (χ1) is 17.1. The van der Waals surface area contributed by atoms with Crippen molar-refractivity contribution in [1.29, 1.82) is 0 Å². The molecular formula is C26H22N6O3. The van der Waals surface area contributed by atoms with Crippen LogP contribution in [0.4, 0.5) is 28.8 Å². The van der Waals surface area contributed by atoms with Crippen LogP contribution in [-0.2, 0) is 4.79 Å². The topological polar surface area (TPSA) is 110 Å². The number of carbonyl (C=O) groups is 1. The van der Waals surface area contributed by atoms with Crippen LogP contribution in [0.15, 0.2) is 79.0 Å². The summed E-state index contributed by atoms with van der Waals surface area (Å²) in [6, 6.07) is 20.3. The Balaban J connectivity index is 1.19. The lowest BCUT2D eigenvalue weighted by Crippen LogP contribution is -2.07. The number of fused-ring (bicyclic) bond motifs is 1. The van der Waals surface area contributed by atoms with Crippen LogP contribution in [0.5, 0.6) is 11.5 Å². The third-order valence-electron chi connectivity index (χ3n) is 5.01. The molecule has 0 unspecified atom stereocenters. The zero-order valence-electron chi connectivity index (χ0n) is 18.9. The number of carbonyl (C=O) groups excluding carboxylic acids is 1. The van der Waals surface area contributed by atoms with Gasteiger partial charge in [-0.2, -0.15) is 0 Å². The molecule has 4 aromatic rings. The molecule has 35 heavy (non-hydrogen) atoms. The molecule has 0 atom stereocenters. The number of hydrogen-bond acceptors (Lipinski definition) is 8. The van der Waals surface area contributed by atoms with Crippen LogP contribution >= 0.6 is 0 Å². The predicted molar refractivity (Wildman–Crippen MR) is 134 cm³/mol. The van der Waals surface area contributed by atoms with Crippen LogP contribution < -0.4 is 25.4 Å². The fraction of sp³-hybridized carbons (Fsp3) is 0.0769. The highest BCUT2D eigenvalue weighted by atomic mass is 16.7. The lowest BCUT2D eigenvalue weighted by molar-refractivity contribution is -0.111. The van der Waals surface area contributed by atoms with Crippen molar-refractivity contribution >= 4 is 40.8 Å². The van der Waals surface area contributed by atoms with Gasteiger partial charge in [-0.25, -0.2) is 15.0 Å². The molecule has 1 amide bonds. The maximum atomic E-state index is 12.3. The van der Waals surface area contributed by atoms with E-state index in [-0.39, 0.29) is 12.7 Å². The first-order valence-corrected chi connectivity index (χ1v) is 10.9. The minimum Gasteiger partial charge on any atom is -0.454 e. The number of ether oxygens (including phenoxy) is 2. The zero-order valence-corrected chi connectivity index (χ0v) is 18.9. The lowest BCUT2D eigenvalue weighted by Gasteiger charge is -2.10. The van der Waals surface area contributed by atoms with Crippen molar-refractivity contribution < 1.29 is 14.3 Å². The van der Waals surface area contributed by atoms with Crippen molar-refractivity contribution in [2.75, 3.05) is 22.7 Å². The molecule has 5 rings (SSSR count). The first-order valence-electron chi connectivity index (χ1n) is 10.9. The van der Waals surface area contributed by atoms with Crippen molar-refractivity contribution in [3.05, 3.63) is 90.4 Å². The molecular weight excluding hydrogens is 444 g/mol. The summed E-state index contributed by atoms with van der Waals surface area (Å²) in [6.07, 6.45) is 4.91. The average Bonchev–Trinajstić information content (AvgIpc) is 3.32. The van der Waals surface area contributed by atoms with Gasteiger partial charge in [-0.15, -0.1) is 0 Å². The van der Waals surface area contributed by atoms with Crippen LogP contribution in [0.1, 0.15) is 11.4 Å². The highest BCUT2D eigenvalue weighted by Crippen LogP contribution is 2.32. The van der Waals surface area contributed by atoms with Crippen LogP contribution in [0.25, 0.3) is 6.08 Å². The van der Waals surface area contributed by atoms with E-state index in [1.165, 1.54) is 6.08 Å². The number of hydrogen-bond donors (Lipinski definition) is 3. The number of rotatable bonds is 7. The van der Waals surface area contributed by atoms with Crippen LogP contribution in [-0.4, -0.2) is 27.7 Å². The summed E-state index contributed by atoms with van der Waals surface area (Å²) in [7, 11) is 0. The van der Waals surface area contributed by atoms with E-state index in [1.807, 2.05) is 67.6 Å². The second-order valence-corrected chi connectivity index (χ2v) is 7.66. The molecule has 1 aliphatic rings. The number of aromatic nitrogens is 3. The van der Waals surface area contributed by atoms with Gasteiger partial charge in [-0.3, -0.25) is 4.79 Å². The number of aryl methyl sites for hydroxylation is 1. The maximum absolute atomic E-state index is 12.3. The minimum absolute atomic E-state index is 0.216. The summed E-state index contributed by atoms with van der Waals surface area (Å²) < 4.78 is 10.7. The van der Waals surface area contributed by atoms with Crippen LogP contribution in [0, 0.1) is 6.92 Å². The molecule has 9 nitrogen and oxygen atoms in total. The lowest BCUT2D eigenvalue weighted by atomic mass is 10.2. The monoisotopic (exact) mass is 466 g/mol. The van der Waals surface area contributed by atoms with E-state index in [1.54, 1.807) is 18.3 Å². The minimum atomic E-state index is -0.236. The summed E-state index contributed by atoms with van der Waals surface area (Å²) in [5.41, 5.74) is 2.34. The second-order valence-electron chi connectivity index (χ2n) is 7.66. The van der Waals surface area contributed by atoms with Gasteiger partial charge < -0.3 is 25.4 Å². The Morgan fingerprint density at radius 1 is 0.857 bits per heavy atom. The molecule has 2 aromatic heterocycles. The van der Waals surface area contributed by atoms with Crippen molar-refractivity contribution in [3.8, 4) is 11.5 Å². The van der Waals surface area contributed by atoms with Gasteiger partial charge in [0.25, 0.3) is 0 Å². The second kappa shape index (κ2) is 9.92. The summed E-state index contributed by atoms with van der Waals surface area (Å²) >= 11 is 0. The predicted octanol–water partition coefficient (Wildman–Crippen LogP) is 5.05. The first kappa shape index (κ1) is 21.9. The van der Waals surface area contributed by atoms with Crippen LogP contribution in [0.2, 0.25) is 0 Å². The van der Waals surface area contributed by atoms with E-state index in [0.29, 0.717) is 40.5 Å². The van der Waals surface area contributed by atoms with Crippen molar-refractivity contribution in [2.24, 2.45) is 0 Å². The number of pyridine rings is 1. The Kier molecular flexibility index (Phi) is 6.21.